The summed E-state index contributed by atoms with van der Waals surface area (Å²) in [5.41, 5.74) is 2.49. The topological polar surface area (TPSA) is 69.6 Å². The number of fused-ring (bicyclic) bond motifs is 1. The van der Waals surface area contributed by atoms with Gasteiger partial charge in [-0.3, -0.25) is 14.5 Å². The molecule has 0 aliphatic carbocycles. The molecule has 4 rings (SSSR count). The number of carbonyl (C=O) groups is 2. The summed E-state index contributed by atoms with van der Waals surface area (Å²) in [6.07, 6.45) is 0. The molecule has 1 atom stereocenters. The van der Waals surface area contributed by atoms with Gasteiger partial charge >= 0.3 is 0 Å². The standard InChI is InChI=1S/C24H22N2O3/c1-16-7-11-18(12-8-16)24(29)20-5-3-4-6-21(20)26(23(24)28)15-22(27)25-19-13-9-17(2)10-14-19/h3-14,29H,15H2,1-2H3,(H,25,27)/t24-/m0/s1. The highest BCUT2D eigenvalue weighted by Crippen LogP contribution is 2.44. The Hall–Kier alpha value is -3.44. The lowest BCUT2D eigenvalue weighted by molar-refractivity contribution is -0.133. The number of aryl methyl sites for hydroxylation is 2. The summed E-state index contributed by atoms with van der Waals surface area (Å²) < 4.78 is 0. The Labute approximate surface area is 169 Å². The van der Waals surface area contributed by atoms with Gasteiger partial charge in [0, 0.05) is 11.3 Å². The maximum atomic E-state index is 13.3. The van der Waals surface area contributed by atoms with Crippen molar-refractivity contribution in [3.8, 4) is 0 Å². The Morgan fingerprint density at radius 2 is 1.52 bits per heavy atom. The van der Waals surface area contributed by atoms with Gasteiger partial charge in [-0.05, 0) is 37.6 Å². The normalized spacial score (nSPS) is 17.9. The van der Waals surface area contributed by atoms with E-state index in [4.69, 9.17) is 0 Å². The second kappa shape index (κ2) is 7.18. The molecule has 0 aromatic heterocycles. The minimum absolute atomic E-state index is 0.183. The number of nitrogens with one attached hydrogen (secondary N) is 1. The van der Waals surface area contributed by atoms with Crippen molar-refractivity contribution < 1.29 is 14.7 Å². The van der Waals surface area contributed by atoms with Gasteiger partial charge < -0.3 is 10.4 Å². The molecule has 0 saturated carbocycles. The fourth-order valence-corrected chi connectivity index (χ4v) is 3.65. The summed E-state index contributed by atoms with van der Waals surface area (Å²) in [5, 5.41) is 14.3. The number of para-hydroxylation sites is 1. The number of anilines is 2. The van der Waals surface area contributed by atoms with Gasteiger partial charge in [-0.2, -0.15) is 0 Å². The molecule has 0 bridgehead atoms. The van der Waals surface area contributed by atoms with Crippen molar-refractivity contribution in [1.29, 1.82) is 0 Å². The predicted molar refractivity (Wildman–Crippen MR) is 113 cm³/mol. The van der Waals surface area contributed by atoms with Gasteiger partial charge in [0.05, 0.1) is 5.69 Å². The summed E-state index contributed by atoms with van der Waals surface area (Å²) >= 11 is 0. The van der Waals surface area contributed by atoms with Crippen LogP contribution in [-0.4, -0.2) is 23.5 Å². The molecule has 1 aliphatic heterocycles. The van der Waals surface area contributed by atoms with Crippen molar-refractivity contribution in [3.63, 3.8) is 0 Å². The lowest BCUT2D eigenvalue weighted by atomic mass is 9.87. The summed E-state index contributed by atoms with van der Waals surface area (Å²) in [5.74, 6) is -0.855. The molecule has 2 N–H and O–H groups in total. The first-order valence-electron chi connectivity index (χ1n) is 9.47. The molecular weight excluding hydrogens is 364 g/mol. The molecular formula is C24H22N2O3. The number of nitrogens with zero attached hydrogens (tertiary/aromatic N) is 1. The molecule has 146 valence electrons. The van der Waals surface area contributed by atoms with Crippen molar-refractivity contribution in [2.75, 3.05) is 16.8 Å². The third-order valence-corrected chi connectivity index (χ3v) is 5.25. The number of hydrogen-bond acceptors (Lipinski definition) is 3. The minimum Gasteiger partial charge on any atom is -0.372 e. The largest absolute Gasteiger partial charge is 0.372 e. The van der Waals surface area contributed by atoms with Gasteiger partial charge in [0.25, 0.3) is 5.91 Å². The maximum Gasteiger partial charge on any atom is 0.268 e. The second-order valence-electron chi connectivity index (χ2n) is 7.40. The fraction of sp³-hybridized carbons (Fsp3) is 0.167. The molecule has 5 heteroatoms. The van der Waals surface area contributed by atoms with E-state index in [-0.39, 0.29) is 12.5 Å². The van der Waals surface area contributed by atoms with Crippen LogP contribution in [0.5, 0.6) is 0 Å². The van der Waals surface area contributed by atoms with Gasteiger partial charge in [-0.15, -0.1) is 0 Å². The molecule has 5 nitrogen and oxygen atoms in total. The van der Waals surface area contributed by atoms with E-state index in [1.807, 2.05) is 50.2 Å². The Morgan fingerprint density at radius 1 is 0.931 bits per heavy atom. The second-order valence-corrected chi connectivity index (χ2v) is 7.40. The van der Waals surface area contributed by atoms with Gasteiger partial charge in [-0.25, -0.2) is 0 Å². The highest BCUT2D eigenvalue weighted by molar-refractivity contribution is 6.12. The van der Waals surface area contributed by atoms with Crippen molar-refractivity contribution in [2.45, 2.75) is 19.4 Å². The van der Waals surface area contributed by atoms with Crippen LogP contribution in [0.4, 0.5) is 11.4 Å². The van der Waals surface area contributed by atoms with E-state index < -0.39 is 11.5 Å². The summed E-state index contributed by atoms with van der Waals surface area (Å²) in [4.78, 5) is 27.3. The number of carbonyl (C=O) groups excluding carboxylic acids is 2. The van der Waals surface area contributed by atoms with Crippen LogP contribution < -0.4 is 10.2 Å². The van der Waals surface area contributed by atoms with Gasteiger partial charge in [0.2, 0.25) is 5.91 Å². The molecule has 0 radical (unpaired) electrons. The molecule has 0 saturated heterocycles. The summed E-state index contributed by atoms with van der Waals surface area (Å²) in [6, 6.07) is 21.7. The van der Waals surface area contributed by atoms with Gasteiger partial charge in [-0.1, -0.05) is 65.7 Å². The van der Waals surface area contributed by atoms with Crippen LogP contribution in [0.15, 0.2) is 72.8 Å². The molecule has 3 aromatic rings. The Balaban J connectivity index is 1.64. The van der Waals surface area contributed by atoms with E-state index in [0.717, 1.165) is 11.1 Å². The van der Waals surface area contributed by atoms with Crippen LogP contribution in [0.2, 0.25) is 0 Å². The Morgan fingerprint density at radius 3 is 2.17 bits per heavy atom. The molecule has 1 heterocycles. The number of amides is 2. The average molecular weight is 386 g/mol. The third-order valence-electron chi connectivity index (χ3n) is 5.25. The molecule has 0 unspecified atom stereocenters. The molecule has 29 heavy (non-hydrogen) atoms. The van der Waals surface area contributed by atoms with Crippen molar-refractivity contribution in [2.24, 2.45) is 0 Å². The van der Waals surface area contributed by atoms with E-state index in [2.05, 4.69) is 5.32 Å². The van der Waals surface area contributed by atoms with Crippen LogP contribution in [0.25, 0.3) is 0 Å². The van der Waals surface area contributed by atoms with Gasteiger partial charge in [0.1, 0.15) is 6.54 Å². The van der Waals surface area contributed by atoms with E-state index in [1.165, 1.54) is 4.90 Å². The van der Waals surface area contributed by atoms with Crippen LogP contribution in [0.3, 0.4) is 0 Å². The zero-order chi connectivity index (χ0) is 20.6. The Kier molecular flexibility index (Phi) is 4.68. The zero-order valence-corrected chi connectivity index (χ0v) is 16.3. The van der Waals surface area contributed by atoms with Crippen molar-refractivity contribution in [1.82, 2.24) is 0 Å². The first-order valence-corrected chi connectivity index (χ1v) is 9.47. The maximum absolute atomic E-state index is 13.3. The smallest absolute Gasteiger partial charge is 0.268 e. The first-order chi connectivity index (χ1) is 13.9. The van der Waals surface area contributed by atoms with Crippen LogP contribution in [0.1, 0.15) is 22.3 Å². The third kappa shape index (κ3) is 3.30. The highest BCUT2D eigenvalue weighted by atomic mass is 16.3. The molecule has 0 fully saturated rings. The lowest BCUT2D eigenvalue weighted by Crippen LogP contribution is -2.44. The van der Waals surface area contributed by atoms with E-state index >= 15 is 0 Å². The zero-order valence-electron chi connectivity index (χ0n) is 16.3. The Bertz CT molecular complexity index is 1070. The van der Waals surface area contributed by atoms with Crippen molar-refractivity contribution in [3.05, 3.63) is 95.1 Å². The number of benzene rings is 3. The van der Waals surface area contributed by atoms with Crippen LogP contribution in [0, 0.1) is 13.8 Å². The molecule has 1 aliphatic rings. The summed E-state index contributed by atoms with van der Waals surface area (Å²) in [6.45, 7) is 3.73. The molecule has 0 spiro atoms. The van der Waals surface area contributed by atoms with E-state index in [1.54, 1.807) is 36.4 Å². The average Bonchev–Trinajstić information content (AvgIpc) is 2.93. The number of rotatable bonds is 4. The fourth-order valence-electron chi connectivity index (χ4n) is 3.65. The summed E-state index contributed by atoms with van der Waals surface area (Å²) in [7, 11) is 0. The van der Waals surface area contributed by atoms with E-state index in [9.17, 15) is 14.7 Å². The highest BCUT2D eigenvalue weighted by Gasteiger charge is 2.51. The molecule has 3 aromatic carbocycles. The number of hydrogen-bond donors (Lipinski definition) is 2. The van der Waals surface area contributed by atoms with Crippen LogP contribution >= 0.6 is 0 Å². The van der Waals surface area contributed by atoms with Crippen molar-refractivity contribution >= 4 is 23.2 Å². The minimum atomic E-state index is -1.81. The quantitative estimate of drug-likeness (QED) is 0.721. The van der Waals surface area contributed by atoms with E-state index in [0.29, 0.717) is 22.5 Å². The SMILES string of the molecule is Cc1ccc(NC(=O)CN2C(=O)[C@](O)(c3ccc(C)cc3)c3ccccc32)cc1. The van der Waals surface area contributed by atoms with Gasteiger partial charge in [0.15, 0.2) is 5.60 Å². The number of aliphatic hydroxyl groups is 1. The lowest BCUT2D eigenvalue weighted by Gasteiger charge is -2.23. The van der Waals surface area contributed by atoms with Crippen LogP contribution in [-0.2, 0) is 15.2 Å². The first kappa shape index (κ1) is 18.9. The molecule has 2 amide bonds. The monoisotopic (exact) mass is 386 g/mol. The predicted octanol–water partition coefficient (Wildman–Crippen LogP) is 3.52.